The van der Waals surface area contributed by atoms with Crippen molar-refractivity contribution in [3.8, 4) is 0 Å². The summed E-state index contributed by atoms with van der Waals surface area (Å²) in [6, 6.07) is 3.64. The van der Waals surface area contributed by atoms with Crippen LogP contribution in [0.2, 0.25) is 0 Å². The summed E-state index contributed by atoms with van der Waals surface area (Å²) in [5, 5.41) is 20.8. The normalized spacial score (nSPS) is 10.8. The van der Waals surface area contributed by atoms with Gasteiger partial charge in [0.1, 0.15) is 5.82 Å². The molecule has 5 heteroatoms. The maximum atomic E-state index is 8.88. The molecule has 16 heavy (non-hydrogen) atoms. The number of pyridine rings is 1. The molecule has 0 aliphatic rings. The molecule has 0 spiro atoms. The highest BCUT2D eigenvalue weighted by molar-refractivity contribution is 5.37. The van der Waals surface area contributed by atoms with Crippen molar-refractivity contribution < 1.29 is 10.2 Å². The summed E-state index contributed by atoms with van der Waals surface area (Å²) in [5.41, 5.74) is 1.03. The number of anilines is 1. The van der Waals surface area contributed by atoms with E-state index in [4.69, 9.17) is 10.2 Å². The number of rotatable bonds is 6. The molecule has 0 fully saturated rings. The predicted octanol–water partition coefficient (Wildman–Crippen LogP) is -0.410. The Labute approximate surface area is 95.7 Å². The van der Waals surface area contributed by atoms with Crippen LogP contribution in [0.4, 0.5) is 5.82 Å². The molecule has 0 bridgehead atoms. The van der Waals surface area contributed by atoms with Gasteiger partial charge in [0.15, 0.2) is 0 Å². The van der Waals surface area contributed by atoms with Gasteiger partial charge in [0, 0.05) is 26.8 Å². The standard InChI is InChI=1S/C11H19N3O2/c1-14(2)11-4-3-9(6-13-11)5-12-10(7-15)8-16/h3-4,6,10,12,15-16H,5,7-8H2,1-2H3. The summed E-state index contributed by atoms with van der Waals surface area (Å²) in [4.78, 5) is 6.20. The number of aliphatic hydroxyl groups is 2. The SMILES string of the molecule is CN(C)c1ccc(CNC(CO)CO)cn1. The minimum atomic E-state index is -0.270. The molecular formula is C11H19N3O2. The summed E-state index contributed by atoms with van der Waals surface area (Å²) in [6.07, 6.45) is 1.79. The molecule has 3 N–H and O–H groups in total. The smallest absolute Gasteiger partial charge is 0.127 e. The number of aromatic nitrogens is 1. The van der Waals surface area contributed by atoms with Crippen LogP contribution >= 0.6 is 0 Å². The molecule has 0 radical (unpaired) electrons. The van der Waals surface area contributed by atoms with E-state index in [2.05, 4.69) is 10.3 Å². The van der Waals surface area contributed by atoms with E-state index >= 15 is 0 Å². The maximum absolute atomic E-state index is 8.88. The largest absolute Gasteiger partial charge is 0.395 e. The zero-order valence-corrected chi connectivity index (χ0v) is 9.72. The number of hydrogen-bond donors (Lipinski definition) is 3. The summed E-state index contributed by atoms with van der Waals surface area (Å²) in [5.74, 6) is 0.907. The monoisotopic (exact) mass is 225 g/mol. The summed E-state index contributed by atoms with van der Waals surface area (Å²) < 4.78 is 0. The highest BCUT2D eigenvalue weighted by atomic mass is 16.3. The Morgan fingerprint density at radius 1 is 1.31 bits per heavy atom. The zero-order valence-electron chi connectivity index (χ0n) is 9.72. The van der Waals surface area contributed by atoms with Crippen LogP contribution in [0.3, 0.4) is 0 Å². The van der Waals surface area contributed by atoms with E-state index in [1.807, 2.05) is 31.1 Å². The van der Waals surface area contributed by atoms with Crippen LogP contribution in [0.1, 0.15) is 5.56 Å². The molecule has 0 unspecified atom stereocenters. The number of nitrogens with one attached hydrogen (secondary N) is 1. The predicted molar refractivity (Wildman–Crippen MR) is 63.4 cm³/mol. The molecule has 1 aromatic rings. The summed E-state index contributed by atoms with van der Waals surface area (Å²) in [6.45, 7) is 0.450. The second-order valence-electron chi connectivity index (χ2n) is 3.86. The van der Waals surface area contributed by atoms with Crippen molar-refractivity contribution >= 4 is 5.82 Å². The van der Waals surface area contributed by atoms with Crippen molar-refractivity contribution in [2.75, 3.05) is 32.2 Å². The first-order valence-electron chi connectivity index (χ1n) is 5.24. The second kappa shape index (κ2) is 6.42. The van der Waals surface area contributed by atoms with E-state index in [0.29, 0.717) is 6.54 Å². The number of nitrogens with zero attached hydrogens (tertiary/aromatic N) is 2. The van der Waals surface area contributed by atoms with Crippen molar-refractivity contribution in [3.63, 3.8) is 0 Å². The zero-order chi connectivity index (χ0) is 12.0. The van der Waals surface area contributed by atoms with E-state index in [1.165, 1.54) is 0 Å². The first-order chi connectivity index (χ1) is 7.67. The molecule has 0 atom stereocenters. The number of hydrogen-bond acceptors (Lipinski definition) is 5. The van der Waals surface area contributed by atoms with Gasteiger partial charge in [-0.15, -0.1) is 0 Å². The minimum absolute atomic E-state index is 0.0697. The quantitative estimate of drug-likeness (QED) is 0.614. The fraction of sp³-hybridized carbons (Fsp3) is 0.545. The van der Waals surface area contributed by atoms with Gasteiger partial charge in [0.25, 0.3) is 0 Å². The molecule has 1 heterocycles. The first kappa shape index (κ1) is 12.9. The minimum Gasteiger partial charge on any atom is -0.395 e. The van der Waals surface area contributed by atoms with Crippen molar-refractivity contribution in [1.82, 2.24) is 10.3 Å². The van der Waals surface area contributed by atoms with Gasteiger partial charge < -0.3 is 20.4 Å². The average Bonchev–Trinajstić information content (AvgIpc) is 2.31. The van der Waals surface area contributed by atoms with Crippen LogP contribution in [-0.2, 0) is 6.54 Å². The molecule has 90 valence electrons. The molecule has 0 aliphatic heterocycles. The highest BCUT2D eigenvalue weighted by Gasteiger charge is 2.04. The van der Waals surface area contributed by atoms with Crippen molar-refractivity contribution in [2.45, 2.75) is 12.6 Å². The Kier molecular flexibility index (Phi) is 5.18. The third-order valence-corrected chi connectivity index (χ3v) is 2.30. The lowest BCUT2D eigenvalue weighted by Gasteiger charge is -2.14. The van der Waals surface area contributed by atoms with E-state index in [1.54, 1.807) is 6.20 Å². The van der Waals surface area contributed by atoms with Gasteiger partial charge >= 0.3 is 0 Å². The Balaban J connectivity index is 2.49. The van der Waals surface area contributed by atoms with Gasteiger partial charge in [-0.1, -0.05) is 6.07 Å². The molecule has 1 rings (SSSR count). The van der Waals surface area contributed by atoms with E-state index in [-0.39, 0.29) is 19.3 Å². The maximum Gasteiger partial charge on any atom is 0.127 e. The topological polar surface area (TPSA) is 68.6 Å². The van der Waals surface area contributed by atoms with Gasteiger partial charge in [-0.25, -0.2) is 4.98 Å². The lowest BCUT2D eigenvalue weighted by Crippen LogP contribution is -2.35. The molecule has 0 aliphatic carbocycles. The van der Waals surface area contributed by atoms with Crippen LogP contribution in [0.25, 0.3) is 0 Å². The molecule has 0 aromatic carbocycles. The van der Waals surface area contributed by atoms with Crippen molar-refractivity contribution in [2.24, 2.45) is 0 Å². The van der Waals surface area contributed by atoms with E-state index in [0.717, 1.165) is 11.4 Å². The average molecular weight is 225 g/mol. The van der Waals surface area contributed by atoms with Crippen LogP contribution in [0, 0.1) is 0 Å². The fourth-order valence-electron chi connectivity index (χ4n) is 1.23. The van der Waals surface area contributed by atoms with Crippen LogP contribution < -0.4 is 10.2 Å². The molecule has 0 saturated heterocycles. The van der Waals surface area contributed by atoms with E-state index < -0.39 is 0 Å². The fourth-order valence-corrected chi connectivity index (χ4v) is 1.23. The highest BCUT2D eigenvalue weighted by Crippen LogP contribution is 2.07. The summed E-state index contributed by atoms with van der Waals surface area (Å²) >= 11 is 0. The van der Waals surface area contributed by atoms with Crippen LogP contribution in [-0.4, -0.2) is 48.5 Å². The molecule has 0 saturated carbocycles. The van der Waals surface area contributed by atoms with Crippen LogP contribution in [0.5, 0.6) is 0 Å². The Bertz CT molecular complexity index is 297. The van der Waals surface area contributed by atoms with Gasteiger partial charge in [0.05, 0.1) is 19.3 Å². The third-order valence-electron chi connectivity index (χ3n) is 2.30. The molecule has 5 nitrogen and oxygen atoms in total. The summed E-state index contributed by atoms with van der Waals surface area (Å²) in [7, 11) is 3.88. The van der Waals surface area contributed by atoms with Crippen molar-refractivity contribution in [3.05, 3.63) is 23.9 Å². The first-order valence-corrected chi connectivity index (χ1v) is 5.24. The second-order valence-corrected chi connectivity index (χ2v) is 3.86. The lowest BCUT2D eigenvalue weighted by atomic mass is 10.2. The third kappa shape index (κ3) is 3.77. The molecule has 0 amide bonds. The van der Waals surface area contributed by atoms with Crippen LogP contribution in [0.15, 0.2) is 18.3 Å². The molecular weight excluding hydrogens is 206 g/mol. The van der Waals surface area contributed by atoms with Gasteiger partial charge in [-0.2, -0.15) is 0 Å². The van der Waals surface area contributed by atoms with E-state index in [9.17, 15) is 0 Å². The van der Waals surface area contributed by atoms with Gasteiger partial charge in [-0.05, 0) is 11.6 Å². The van der Waals surface area contributed by atoms with Crippen molar-refractivity contribution in [1.29, 1.82) is 0 Å². The lowest BCUT2D eigenvalue weighted by molar-refractivity contribution is 0.170. The number of aliphatic hydroxyl groups excluding tert-OH is 2. The van der Waals surface area contributed by atoms with Gasteiger partial charge in [-0.3, -0.25) is 0 Å². The Morgan fingerprint density at radius 3 is 2.44 bits per heavy atom. The Hall–Kier alpha value is -1.17. The molecule has 1 aromatic heterocycles. The van der Waals surface area contributed by atoms with Gasteiger partial charge in [0.2, 0.25) is 0 Å². The Morgan fingerprint density at radius 2 is 2.00 bits per heavy atom.